The van der Waals surface area contributed by atoms with Gasteiger partial charge in [-0.25, -0.2) is 9.97 Å². The first-order valence-electron chi connectivity index (χ1n) is 6.18. The van der Waals surface area contributed by atoms with Gasteiger partial charge in [0.15, 0.2) is 11.4 Å². The highest BCUT2D eigenvalue weighted by atomic mass is 35.5. The molecule has 0 bridgehead atoms. The van der Waals surface area contributed by atoms with Crippen LogP contribution in [-0.4, -0.2) is 15.8 Å². The summed E-state index contributed by atoms with van der Waals surface area (Å²) in [4.78, 5) is 20.4. The average molecular weight is 283 g/mol. The zero-order valence-electron chi connectivity index (χ0n) is 10.8. The van der Waals surface area contributed by atoms with Crippen LogP contribution < -0.4 is 0 Å². The predicted molar refractivity (Wildman–Crippen MR) is 80.0 cm³/mol. The SMILES string of the molecule is CC(=O)c1ccccc1-c1cc(Cl)c2cccnc2n1. The van der Waals surface area contributed by atoms with Gasteiger partial charge < -0.3 is 0 Å². The van der Waals surface area contributed by atoms with E-state index in [1.54, 1.807) is 25.3 Å². The lowest BCUT2D eigenvalue weighted by Crippen LogP contribution is -1.97. The molecule has 0 fully saturated rings. The van der Waals surface area contributed by atoms with Crippen molar-refractivity contribution in [2.24, 2.45) is 0 Å². The summed E-state index contributed by atoms with van der Waals surface area (Å²) >= 11 is 6.28. The zero-order chi connectivity index (χ0) is 14.1. The Morgan fingerprint density at radius 1 is 1.15 bits per heavy atom. The van der Waals surface area contributed by atoms with Gasteiger partial charge in [-0.3, -0.25) is 4.79 Å². The monoisotopic (exact) mass is 282 g/mol. The van der Waals surface area contributed by atoms with Gasteiger partial charge >= 0.3 is 0 Å². The molecule has 20 heavy (non-hydrogen) atoms. The van der Waals surface area contributed by atoms with Crippen molar-refractivity contribution in [2.75, 3.05) is 0 Å². The van der Waals surface area contributed by atoms with Gasteiger partial charge in [-0.05, 0) is 25.1 Å². The number of hydrogen-bond acceptors (Lipinski definition) is 3. The van der Waals surface area contributed by atoms with E-state index in [0.29, 0.717) is 21.9 Å². The second-order valence-corrected chi connectivity index (χ2v) is 4.87. The quantitative estimate of drug-likeness (QED) is 0.663. The Morgan fingerprint density at radius 3 is 2.75 bits per heavy atom. The van der Waals surface area contributed by atoms with Crippen molar-refractivity contribution in [3.8, 4) is 11.3 Å². The van der Waals surface area contributed by atoms with Gasteiger partial charge in [0.25, 0.3) is 0 Å². The first-order valence-corrected chi connectivity index (χ1v) is 6.56. The third kappa shape index (κ3) is 2.17. The highest BCUT2D eigenvalue weighted by molar-refractivity contribution is 6.35. The van der Waals surface area contributed by atoms with E-state index < -0.39 is 0 Å². The van der Waals surface area contributed by atoms with E-state index in [0.717, 1.165) is 10.9 Å². The summed E-state index contributed by atoms with van der Waals surface area (Å²) in [6.07, 6.45) is 1.67. The lowest BCUT2D eigenvalue weighted by atomic mass is 10.0. The Kier molecular flexibility index (Phi) is 3.20. The number of benzene rings is 1. The zero-order valence-corrected chi connectivity index (χ0v) is 11.6. The fourth-order valence-corrected chi connectivity index (χ4v) is 2.42. The molecule has 3 aromatic rings. The van der Waals surface area contributed by atoms with Gasteiger partial charge in [0.05, 0.1) is 10.7 Å². The van der Waals surface area contributed by atoms with Crippen molar-refractivity contribution in [1.82, 2.24) is 9.97 Å². The summed E-state index contributed by atoms with van der Waals surface area (Å²) in [5.74, 6) is -0.000333. The van der Waals surface area contributed by atoms with Gasteiger partial charge in [0.2, 0.25) is 0 Å². The Hall–Kier alpha value is -2.26. The summed E-state index contributed by atoms with van der Waals surface area (Å²) in [5.41, 5.74) is 2.64. The van der Waals surface area contributed by atoms with Gasteiger partial charge in [0.1, 0.15) is 0 Å². The highest BCUT2D eigenvalue weighted by Gasteiger charge is 2.12. The number of ketones is 1. The minimum Gasteiger partial charge on any atom is -0.294 e. The van der Waals surface area contributed by atoms with Crippen LogP contribution in [-0.2, 0) is 0 Å². The van der Waals surface area contributed by atoms with E-state index >= 15 is 0 Å². The molecule has 1 aromatic carbocycles. The third-order valence-corrected chi connectivity index (χ3v) is 3.43. The first-order chi connectivity index (χ1) is 9.66. The Bertz CT molecular complexity index is 814. The predicted octanol–water partition coefficient (Wildman–Crippen LogP) is 4.15. The van der Waals surface area contributed by atoms with E-state index in [1.807, 2.05) is 30.3 Å². The van der Waals surface area contributed by atoms with E-state index in [9.17, 15) is 4.79 Å². The molecule has 0 saturated heterocycles. The van der Waals surface area contributed by atoms with Crippen molar-refractivity contribution in [2.45, 2.75) is 6.92 Å². The van der Waals surface area contributed by atoms with Crippen LogP contribution in [0.3, 0.4) is 0 Å². The highest BCUT2D eigenvalue weighted by Crippen LogP contribution is 2.29. The van der Waals surface area contributed by atoms with Gasteiger partial charge in [0, 0.05) is 22.7 Å². The number of Topliss-reactive ketones (excluding diaryl/α,β-unsaturated/α-hetero) is 1. The number of rotatable bonds is 2. The molecule has 0 aliphatic carbocycles. The van der Waals surface area contributed by atoms with E-state index in [-0.39, 0.29) is 5.78 Å². The van der Waals surface area contributed by atoms with Crippen molar-refractivity contribution < 1.29 is 4.79 Å². The normalized spacial score (nSPS) is 10.7. The summed E-state index contributed by atoms with van der Waals surface area (Å²) in [7, 11) is 0. The maximum atomic E-state index is 11.7. The summed E-state index contributed by atoms with van der Waals surface area (Å²) in [6, 6.07) is 12.8. The summed E-state index contributed by atoms with van der Waals surface area (Å²) < 4.78 is 0. The average Bonchev–Trinajstić information content (AvgIpc) is 2.47. The van der Waals surface area contributed by atoms with Crippen molar-refractivity contribution >= 4 is 28.4 Å². The number of hydrogen-bond donors (Lipinski definition) is 0. The standard InChI is InChI=1S/C16H11ClN2O/c1-10(20)11-5-2-3-6-12(11)15-9-14(17)13-7-4-8-18-16(13)19-15/h2-9H,1H3. The number of fused-ring (bicyclic) bond motifs is 1. The maximum Gasteiger partial charge on any atom is 0.161 e. The second kappa shape index (κ2) is 5.02. The van der Waals surface area contributed by atoms with Crippen LogP contribution in [0.2, 0.25) is 5.02 Å². The molecule has 2 aromatic heterocycles. The van der Waals surface area contributed by atoms with Crippen molar-refractivity contribution in [3.05, 3.63) is 59.2 Å². The molecule has 0 unspecified atom stereocenters. The largest absolute Gasteiger partial charge is 0.294 e. The second-order valence-electron chi connectivity index (χ2n) is 4.47. The fraction of sp³-hybridized carbons (Fsp3) is 0.0625. The molecule has 3 nitrogen and oxygen atoms in total. The van der Waals surface area contributed by atoms with E-state index in [4.69, 9.17) is 11.6 Å². The van der Waals surface area contributed by atoms with Crippen LogP contribution in [0, 0.1) is 0 Å². The van der Waals surface area contributed by atoms with Crippen molar-refractivity contribution in [1.29, 1.82) is 0 Å². The molecule has 0 saturated carbocycles. The molecule has 0 atom stereocenters. The van der Waals surface area contributed by atoms with Crippen LogP contribution in [0.5, 0.6) is 0 Å². The Balaban J connectivity index is 2.28. The minimum absolute atomic E-state index is 0.000333. The Labute approximate surface area is 121 Å². The topological polar surface area (TPSA) is 42.9 Å². The molecule has 98 valence electrons. The summed E-state index contributed by atoms with van der Waals surface area (Å²) in [5, 5.41) is 1.38. The summed E-state index contributed by atoms with van der Waals surface area (Å²) in [6.45, 7) is 1.54. The molecule has 0 radical (unpaired) electrons. The lowest BCUT2D eigenvalue weighted by Gasteiger charge is -2.08. The van der Waals surface area contributed by atoms with Gasteiger partial charge in [-0.15, -0.1) is 0 Å². The number of carbonyl (C=O) groups excluding carboxylic acids is 1. The molecule has 0 N–H and O–H groups in total. The molecule has 0 aliphatic rings. The molecule has 2 heterocycles. The van der Waals surface area contributed by atoms with Crippen LogP contribution >= 0.6 is 11.6 Å². The van der Waals surface area contributed by atoms with Gasteiger partial charge in [-0.1, -0.05) is 35.9 Å². The minimum atomic E-state index is -0.000333. The fourth-order valence-electron chi connectivity index (χ4n) is 2.17. The molecule has 0 amide bonds. The van der Waals surface area contributed by atoms with E-state index in [1.165, 1.54) is 0 Å². The van der Waals surface area contributed by atoms with Crippen molar-refractivity contribution in [3.63, 3.8) is 0 Å². The van der Waals surface area contributed by atoms with Crippen LogP contribution in [0.25, 0.3) is 22.3 Å². The smallest absolute Gasteiger partial charge is 0.161 e. The maximum absolute atomic E-state index is 11.7. The first kappa shape index (κ1) is 12.8. The number of halogens is 1. The number of pyridine rings is 2. The van der Waals surface area contributed by atoms with E-state index in [2.05, 4.69) is 9.97 Å². The third-order valence-electron chi connectivity index (χ3n) is 3.12. The molecular formula is C16H11ClN2O. The van der Waals surface area contributed by atoms with Crippen LogP contribution in [0.4, 0.5) is 0 Å². The number of nitrogens with zero attached hydrogens (tertiary/aromatic N) is 2. The molecule has 3 rings (SSSR count). The van der Waals surface area contributed by atoms with Crippen LogP contribution in [0.15, 0.2) is 48.7 Å². The molecule has 4 heteroatoms. The molecule has 0 aliphatic heterocycles. The number of aromatic nitrogens is 2. The van der Waals surface area contributed by atoms with Crippen LogP contribution in [0.1, 0.15) is 17.3 Å². The molecular weight excluding hydrogens is 272 g/mol. The Morgan fingerprint density at radius 2 is 1.95 bits per heavy atom. The molecule has 0 spiro atoms. The number of carbonyl (C=O) groups is 1. The van der Waals surface area contributed by atoms with Gasteiger partial charge in [-0.2, -0.15) is 0 Å². The lowest BCUT2D eigenvalue weighted by molar-refractivity contribution is 0.101.